The second-order valence-corrected chi connectivity index (χ2v) is 5.33. The van der Waals surface area contributed by atoms with Gasteiger partial charge in [0.2, 0.25) is 0 Å². The van der Waals surface area contributed by atoms with Crippen molar-refractivity contribution >= 4 is 17.7 Å². The second-order valence-electron chi connectivity index (χ2n) is 4.95. The van der Waals surface area contributed by atoms with Crippen LogP contribution in [0.4, 0.5) is 4.79 Å². The van der Waals surface area contributed by atoms with Crippen LogP contribution in [0, 0.1) is 0 Å². The Hall–Kier alpha value is -0.440. The first-order valence-corrected chi connectivity index (χ1v) is 6.03. The number of alkyl halides is 1. The molecule has 1 atom stereocenters. The molecule has 3 nitrogen and oxygen atoms in total. The maximum atomic E-state index is 11.8. The van der Waals surface area contributed by atoms with Gasteiger partial charge in [0, 0.05) is 18.5 Å². The lowest BCUT2D eigenvalue weighted by molar-refractivity contribution is 0.0224. The fourth-order valence-electron chi connectivity index (χ4n) is 1.82. The molecule has 0 saturated carbocycles. The van der Waals surface area contributed by atoms with Gasteiger partial charge in [-0.25, -0.2) is 4.79 Å². The Morgan fingerprint density at radius 2 is 2.20 bits per heavy atom. The predicted molar refractivity (Wildman–Crippen MR) is 61.3 cm³/mol. The van der Waals surface area contributed by atoms with Crippen molar-refractivity contribution in [3.8, 4) is 0 Å². The van der Waals surface area contributed by atoms with E-state index in [1.165, 1.54) is 0 Å². The zero-order chi connectivity index (χ0) is 11.5. The van der Waals surface area contributed by atoms with E-state index in [2.05, 4.69) is 0 Å². The molecule has 0 aromatic heterocycles. The molecule has 0 aliphatic carbocycles. The summed E-state index contributed by atoms with van der Waals surface area (Å²) in [5.41, 5.74) is -0.412. The Kier molecular flexibility index (Phi) is 4.26. The topological polar surface area (TPSA) is 29.5 Å². The van der Waals surface area contributed by atoms with Crippen molar-refractivity contribution in [2.45, 2.75) is 51.7 Å². The molecule has 15 heavy (non-hydrogen) atoms. The van der Waals surface area contributed by atoms with Crippen LogP contribution in [0.15, 0.2) is 0 Å². The molecule has 0 spiro atoms. The third-order valence-electron chi connectivity index (χ3n) is 2.45. The number of halogens is 1. The minimum Gasteiger partial charge on any atom is -0.444 e. The Morgan fingerprint density at radius 3 is 2.73 bits per heavy atom. The first kappa shape index (κ1) is 12.6. The molecule has 1 heterocycles. The van der Waals surface area contributed by atoms with E-state index < -0.39 is 5.60 Å². The highest BCUT2D eigenvalue weighted by atomic mass is 35.5. The molecule has 0 aromatic rings. The lowest BCUT2D eigenvalue weighted by Crippen LogP contribution is -2.39. The zero-order valence-electron chi connectivity index (χ0n) is 9.75. The predicted octanol–water partition coefficient (Wildman–Crippen LogP) is 3.01. The van der Waals surface area contributed by atoms with Crippen molar-refractivity contribution in [2.24, 2.45) is 0 Å². The number of carbonyl (C=O) groups is 1. The van der Waals surface area contributed by atoms with Crippen LogP contribution in [0.5, 0.6) is 0 Å². The molecule has 88 valence electrons. The number of nitrogens with zero attached hydrogens (tertiary/aromatic N) is 1. The van der Waals surface area contributed by atoms with Gasteiger partial charge in [0.15, 0.2) is 0 Å². The van der Waals surface area contributed by atoms with Crippen molar-refractivity contribution in [1.29, 1.82) is 0 Å². The van der Waals surface area contributed by atoms with Crippen LogP contribution in [-0.2, 0) is 4.74 Å². The third kappa shape index (κ3) is 3.90. The highest BCUT2D eigenvalue weighted by Gasteiger charge is 2.31. The monoisotopic (exact) mass is 233 g/mol. The van der Waals surface area contributed by atoms with Crippen LogP contribution in [0.25, 0.3) is 0 Å². The van der Waals surface area contributed by atoms with Crippen LogP contribution >= 0.6 is 11.6 Å². The van der Waals surface area contributed by atoms with Gasteiger partial charge in [0.1, 0.15) is 5.60 Å². The molecule has 1 saturated heterocycles. The summed E-state index contributed by atoms with van der Waals surface area (Å²) in [4.78, 5) is 13.6. The molecule has 1 rings (SSSR count). The van der Waals surface area contributed by atoms with E-state index in [0.717, 1.165) is 25.8 Å². The molecule has 1 aliphatic rings. The molecule has 0 unspecified atom stereocenters. The van der Waals surface area contributed by atoms with Crippen molar-refractivity contribution < 1.29 is 9.53 Å². The summed E-state index contributed by atoms with van der Waals surface area (Å²) in [6, 6.07) is 0.275. The fraction of sp³-hybridized carbons (Fsp3) is 0.909. The molecule has 1 aliphatic heterocycles. The fourth-order valence-corrected chi connectivity index (χ4v) is 2.07. The lowest BCUT2D eigenvalue weighted by atomic mass is 10.2. The quantitative estimate of drug-likeness (QED) is 0.687. The molecule has 1 amide bonds. The number of rotatable bonds is 2. The summed E-state index contributed by atoms with van der Waals surface area (Å²) in [6.07, 6.45) is 2.77. The Morgan fingerprint density at radius 1 is 1.53 bits per heavy atom. The van der Waals surface area contributed by atoms with Gasteiger partial charge in [-0.05, 0) is 40.0 Å². The summed E-state index contributed by atoms with van der Waals surface area (Å²) < 4.78 is 5.34. The van der Waals surface area contributed by atoms with Gasteiger partial charge in [0.05, 0.1) is 0 Å². The first-order chi connectivity index (χ1) is 6.94. The maximum absolute atomic E-state index is 11.8. The number of hydrogen-bond acceptors (Lipinski definition) is 2. The van der Waals surface area contributed by atoms with E-state index in [1.807, 2.05) is 25.7 Å². The minimum atomic E-state index is -0.412. The van der Waals surface area contributed by atoms with Gasteiger partial charge < -0.3 is 9.64 Å². The average molecular weight is 234 g/mol. The smallest absolute Gasteiger partial charge is 0.410 e. The number of carbonyl (C=O) groups excluding carboxylic acids is 1. The number of amides is 1. The molecular weight excluding hydrogens is 214 g/mol. The first-order valence-electron chi connectivity index (χ1n) is 5.49. The van der Waals surface area contributed by atoms with Gasteiger partial charge in [-0.3, -0.25) is 0 Å². The lowest BCUT2D eigenvalue weighted by Gasteiger charge is -2.28. The minimum absolute atomic E-state index is 0.199. The summed E-state index contributed by atoms with van der Waals surface area (Å²) in [5, 5.41) is 0. The number of ether oxygens (including phenoxy) is 1. The SMILES string of the molecule is CC(C)(C)OC(=O)N1CCC[C@@H]1CCCl. The third-order valence-corrected chi connectivity index (χ3v) is 2.67. The van der Waals surface area contributed by atoms with Crippen LogP contribution in [-0.4, -0.2) is 35.1 Å². The van der Waals surface area contributed by atoms with Gasteiger partial charge in [-0.1, -0.05) is 0 Å². The zero-order valence-corrected chi connectivity index (χ0v) is 10.5. The van der Waals surface area contributed by atoms with E-state index in [4.69, 9.17) is 16.3 Å². The van der Waals surface area contributed by atoms with Crippen LogP contribution < -0.4 is 0 Å². The van der Waals surface area contributed by atoms with E-state index in [9.17, 15) is 4.79 Å². The largest absolute Gasteiger partial charge is 0.444 e. The summed E-state index contributed by atoms with van der Waals surface area (Å²) in [6.45, 7) is 6.46. The Balaban J connectivity index is 2.51. The standard InChI is InChI=1S/C11H20ClNO2/c1-11(2,3)15-10(14)13-8-4-5-9(13)6-7-12/h9H,4-8H2,1-3H3/t9-/m1/s1. The average Bonchev–Trinajstić information content (AvgIpc) is 2.49. The van der Waals surface area contributed by atoms with Gasteiger partial charge >= 0.3 is 6.09 Å². The molecular formula is C11H20ClNO2. The van der Waals surface area contributed by atoms with E-state index in [0.29, 0.717) is 5.88 Å². The molecule has 0 N–H and O–H groups in total. The van der Waals surface area contributed by atoms with E-state index >= 15 is 0 Å². The number of hydrogen-bond donors (Lipinski definition) is 0. The van der Waals surface area contributed by atoms with Crippen LogP contribution in [0.2, 0.25) is 0 Å². The van der Waals surface area contributed by atoms with Gasteiger partial charge in [-0.2, -0.15) is 0 Å². The maximum Gasteiger partial charge on any atom is 0.410 e. The molecule has 0 aromatic carbocycles. The van der Waals surface area contributed by atoms with Gasteiger partial charge in [-0.15, -0.1) is 11.6 Å². The van der Waals surface area contributed by atoms with Crippen molar-refractivity contribution in [3.63, 3.8) is 0 Å². The summed E-state index contributed by atoms with van der Waals surface area (Å²) in [7, 11) is 0. The van der Waals surface area contributed by atoms with E-state index in [1.54, 1.807) is 0 Å². The molecule has 4 heteroatoms. The van der Waals surface area contributed by atoms with Crippen molar-refractivity contribution in [3.05, 3.63) is 0 Å². The molecule has 0 bridgehead atoms. The Bertz CT molecular complexity index is 225. The Labute approximate surface area is 96.7 Å². The molecule has 1 fully saturated rings. The summed E-state index contributed by atoms with van der Waals surface area (Å²) >= 11 is 5.71. The molecule has 0 radical (unpaired) electrons. The van der Waals surface area contributed by atoms with Crippen molar-refractivity contribution in [1.82, 2.24) is 4.90 Å². The second kappa shape index (κ2) is 5.06. The van der Waals surface area contributed by atoms with Crippen LogP contribution in [0.3, 0.4) is 0 Å². The highest BCUT2D eigenvalue weighted by molar-refractivity contribution is 6.17. The van der Waals surface area contributed by atoms with Crippen LogP contribution in [0.1, 0.15) is 40.0 Å². The van der Waals surface area contributed by atoms with E-state index in [-0.39, 0.29) is 12.1 Å². The highest BCUT2D eigenvalue weighted by Crippen LogP contribution is 2.23. The van der Waals surface area contributed by atoms with Crippen molar-refractivity contribution in [2.75, 3.05) is 12.4 Å². The summed E-state index contributed by atoms with van der Waals surface area (Å²) in [5.74, 6) is 0.601. The van der Waals surface area contributed by atoms with Gasteiger partial charge in [0.25, 0.3) is 0 Å². The number of likely N-dealkylation sites (tertiary alicyclic amines) is 1. The normalized spacial score (nSPS) is 21.9.